The van der Waals surface area contributed by atoms with Crippen LogP contribution in [0.25, 0.3) is 0 Å². The zero-order chi connectivity index (χ0) is 17.5. The fraction of sp³-hybridized carbons (Fsp3) is 0.789. The summed E-state index contributed by atoms with van der Waals surface area (Å²) in [7, 11) is 0. The standard InChI is InChI=1S/C19H32N4O2/c1-2-3-11-25-19(24)20-12-17-14-22(13-16-7-5-4-6-8-16)18-9-10-21-23(18)15-17/h9-10,16-17H,2-8,11-15H2,1H3,(H,20,24). The number of alkyl carbamates (subject to hydrolysis) is 1. The molecule has 1 aliphatic carbocycles. The first kappa shape index (κ1) is 18.1. The molecule has 1 aromatic heterocycles. The number of amides is 1. The van der Waals surface area contributed by atoms with Crippen LogP contribution < -0.4 is 10.2 Å². The number of carbonyl (C=O) groups excluding carboxylic acids is 1. The maximum absolute atomic E-state index is 11.8. The van der Waals surface area contributed by atoms with Crippen LogP contribution in [0, 0.1) is 11.8 Å². The molecule has 6 nitrogen and oxygen atoms in total. The lowest BCUT2D eigenvalue weighted by Crippen LogP contribution is -2.45. The summed E-state index contributed by atoms with van der Waals surface area (Å²) in [5.74, 6) is 2.39. The van der Waals surface area contributed by atoms with Gasteiger partial charge in [-0.25, -0.2) is 9.48 Å². The summed E-state index contributed by atoms with van der Waals surface area (Å²) in [5, 5.41) is 7.40. The second-order valence-corrected chi connectivity index (χ2v) is 7.52. The predicted molar refractivity (Wildman–Crippen MR) is 98.8 cm³/mol. The summed E-state index contributed by atoms with van der Waals surface area (Å²) in [6.07, 6.45) is 10.4. The van der Waals surface area contributed by atoms with Crippen molar-refractivity contribution in [3.05, 3.63) is 12.3 Å². The molecule has 0 radical (unpaired) electrons. The first-order valence-corrected chi connectivity index (χ1v) is 9.93. The van der Waals surface area contributed by atoms with Gasteiger partial charge < -0.3 is 15.0 Å². The summed E-state index contributed by atoms with van der Waals surface area (Å²) < 4.78 is 7.27. The minimum absolute atomic E-state index is 0.293. The van der Waals surface area contributed by atoms with Crippen molar-refractivity contribution in [2.24, 2.45) is 11.8 Å². The predicted octanol–water partition coefficient (Wildman–Crippen LogP) is 3.43. The first-order chi connectivity index (χ1) is 12.3. The Hall–Kier alpha value is -1.72. The minimum Gasteiger partial charge on any atom is -0.450 e. The van der Waals surface area contributed by atoms with Crippen molar-refractivity contribution >= 4 is 11.9 Å². The van der Waals surface area contributed by atoms with E-state index in [1.807, 2.05) is 6.20 Å². The van der Waals surface area contributed by atoms with Crippen molar-refractivity contribution in [3.63, 3.8) is 0 Å². The monoisotopic (exact) mass is 348 g/mol. The lowest BCUT2D eigenvalue weighted by atomic mass is 9.88. The molecular weight excluding hydrogens is 316 g/mol. The molecule has 1 amide bonds. The van der Waals surface area contributed by atoms with Crippen molar-refractivity contribution in [1.82, 2.24) is 15.1 Å². The molecule has 1 unspecified atom stereocenters. The molecule has 1 N–H and O–H groups in total. The number of hydrogen-bond donors (Lipinski definition) is 1. The third kappa shape index (κ3) is 5.13. The summed E-state index contributed by atoms with van der Waals surface area (Å²) in [4.78, 5) is 14.3. The topological polar surface area (TPSA) is 59.4 Å². The molecule has 1 aromatic rings. The van der Waals surface area contributed by atoms with E-state index in [9.17, 15) is 4.79 Å². The molecule has 6 heteroatoms. The van der Waals surface area contributed by atoms with E-state index in [0.717, 1.165) is 38.4 Å². The van der Waals surface area contributed by atoms with Crippen LogP contribution in [0.15, 0.2) is 12.3 Å². The molecule has 1 fully saturated rings. The average Bonchev–Trinajstić information content (AvgIpc) is 3.10. The Morgan fingerprint density at radius 2 is 2.12 bits per heavy atom. The number of unbranched alkanes of at least 4 members (excludes halogenated alkanes) is 1. The largest absolute Gasteiger partial charge is 0.450 e. The average molecular weight is 348 g/mol. The SMILES string of the molecule is CCCCOC(=O)NCC1CN(CC2CCCCC2)c2ccnn2C1. The van der Waals surface area contributed by atoms with E-state index in [1.165, 1.54) is 37.9 Å². The van der Waals surface area contributed by atoms with Crippen molar-refractivity contribution in [2.75, 3.05) is 31.1 Å². The number of nitrogens with one attached hydrogen (secondary N) is 1. The highest BCUT2D eigenvalue weighted by Crippen LogP contribution is 2.29. The van der Waals surface area contributed by atoms with Gasteiger partial charge >= 0.3 is 6.09 Å². The van der Waals surface area contributed by atoms with E-state index >= 15 is 0 Å². The lowest BCUT2D eigenvalue weighted by molar-refractivity contribution is 0.142. The maximum atomic E-state index is 11.8. The van der Waals surface area contributed by atoms with Gasteiger partial charge in [0.2, 0.25) is 0 Å². The van der Waals surface area contributed by atoms with Gasteiger partial charge in [-0.1, -0.05) is 32.6 Å². The van der Waals surface area contributed by atoms with Crippen molar-refractivity contribution < 1.29 is 9.53 Å². The Morgan fingerprint density at radius 3 is 2.92 bits per heavy atom. The van der Waals surface area contributed by atoms with Crippen LogP contribution in [-0.2, 0) is 11.3 Å². The zero-order valence-corrected chi connectivity index (χ0v) is 15.5. The second kappa shape index (κ2) is 9.11. The number of carbonyl (C=O) groups is 1. The van der Waals surface area contributed by atoms with E-state index in [-0.39, 0.29) is 6.09 Å². The van der Waals surface area contributed by atoms with Gasteiger partial charge in [-0.15, -0.1) is 0 Å². The number of anilines is 1. The molecule has 0 aromatic carbocycles. The molecule has 1 atom stereocenters. The third-order valence-corrected chi connectivity index (χ3v) is 5.40. The van der Waals surface area contributed by atoms with Crippen LogP contribution >= 0.6 is 0 Å². The molecule has 1 aliphatic heterocycles. The van der Waals surface area contributed by atoms with Gasteiger partial charge in [0.25, 0.3) is 0 Å². The van der Waals surface area contributed by atoms with Crippen LogP contribution in [0.4, 0.5) is 10.6 Å². The van der Waals surface area contributed by atoms with Crippen molar-refractivity contribution in [1.29, 1.82) is 0 Å². The zero-order valence-electron chi connectivity index (χ0n) is 15.5. The fourth-order valence-corrected chi connectivity index (χ4v) is 4.01. The van der Waals surface area contributed by atoms with Gasteiger partial charge in [-0.05, 0) is 25.2 Å². The molecule has 2 aliphatic rings. The number of rotatable bonds is 7. The Kier molecular flexibility index (Phi) is 6.59. The molecule has 1 saturated carbocycles. The number of aromatic nitrogens is 2. The summed E-state index contributed by atoms with van der Waals surface area (Å²) in [6.45, 7) is 6.20. The van der Waals surface area contributed by atoms with Crippen LogP contribution in [0.1, 0.15) is 51.9 Å². The van der Waals surface area contributed by atoms with Crippen LogP contribution in [0.5, 0.6) is 0 Å². The van der Waals surface area contributed by atoms with Crippen molar-refractivity contribution in [3.8, 4) is 0 Å². The number of fused-ring (bicyclic) bond motifs is 1. The van der Waals surface area contributed by atoms with Gasteiger partial charge in [0.15, 0.2) is 0 Å². The van der Waals surface area contributed by atoms with Gasteiger partial charge in [0.05, 0.1) is 12.8 Å². The van der Waals surface area contributed by atoms with Gasteiger partial charge in [-0.3, -0.25) is 0 Å². The molecular formula is C19H32N4O2. The molecule has 3 rings (SSSR count). The van der Waals surface area contributed by atoms with Crippen LogP contribution in [0.3, 0.4) is 0 Å². The smallest absolute Gasteiger partial charge is 0.407 e. The molecule has 2 heterocycles. The fourth-order valence-electron chi connectivity index (χ4n) is 4.01. The number of hydrogen-bond acceptors (Lipinski definition) is 4. The summed E-state index contributed by atoms with van der Waals surface area (Å²) in [6, 6.07) is 2.12. The number of nitrogens with zero attached hydrogens (tertiary/aromatic N) is 3. The van der Waals surface area contributed by atoms with E-state index in [4.69, 9.17) is 4.74 Å². The molecule has 0 bridgehead atoms. The van der Waals surface area contributed by atoms with Crippen LogP contribution in [-0.4, -0.2) is 42.1 Å². The normalized spacial score (nSPS) is 21.0. The number of ether oxygens (including phenoxy) is 1. The van der Waals surface area contributed by atoms with E-state index < -0.39 is 0 Å². The van der Waals surface area contributed by atoms with Gasteiger partial charge in [0, 0.05) is 38.2 Å². The molecule has 0 saturated heterocycles. The van der Waals surface area contributed by atoms with E-state index in [1.54, 1.807) is 0 Å². The van der Waals surface area contributed by atoms with Gasteiger partial charge in [-0.2, -0.15) is 5.10 Å². The molecule has 140 valence electrons. The molecule has 0 spiro atoms. The van der Waals surface area contributed by atoms with Gasteiger partial charge in [0.1, 0.15) is 5.82 Å². The van der Waals surface area contributed by atoms with E-state index in [0.29, 0.717) is 19.1 Å². The van der Waals surface area contributed by atoms with Crippen LogP contribution in [0.2, 0.25) is 0 Å². The Labute approximate surface area is 150 Å². The third-order valence-electron chi connectivity index (χ3n) is 5.40. The Balaban J connectivity index is 1.51. The van der Waals surface area contributed by atoms with E-state index in [2.05, 4.69) is 33.0 Å². The molecule has 25 heavy (non-hydrogen) atoms. The highest BCUT2D eigenvalue weighted by atomic mass is 16.5. The highest BCUT2D eigenvalue weighted by Gasteiger charge is 2.27. The first-order valence-electron chi connectivity index (χ1n) is 9.93. The summed E-state index contributed by atoms with van der Waals surface area (Å²) >= 11 is 0. The quantitative estimate of drug-likeness (QED) is 0.767. The summed E-state index contributed by atoms with van der Waals surface area (Å²) in [5.41, 5.74) is 0. The highest BCUT2D eigenvalue weighted by molar-refractivity contribution is 5.67. The lowest BCUT2D eigenvalue weighted by Gasteiger charge is -2.37. The maximum Gasteiger partial charge on any atom is 0.407 e. The Bertz CT molecular complexity index is 539. The Morgan fingerprint density at radius 1 is 1.28 bits per heavy atom. The van der Waals surface area contributed by atoms with Crippen molar-refractivity contribution in [2.45, 2.75) is 58.4 Å². The second-order valence-electron chi connectivity index (χ2n) is 7.52. The minimum atomic E-state index is -0.293.